The van der Waals surface area contributed by atoms with E-state index in [1.807, 2.05) is 6.92 Å². The van der Waals surface area contributed by atoms with Crippen molar-refractivity contribution < 1.29 is 13.7 Å². The van der Waals surface area contributed by atoms with Gasteiger partial charge in [-0.25, -0.2) is 9.07 Å². The maximum Gasteiger partial charge on any atom is 0.280 e. The molecule has 0 radical (unpaired) electrons. The fourth-order valence-electron chi connectivity index (χ4n) is 2.97. The summed E-state index contributed by atoms with van der Waals surface area (Å²) in [5, 5.41) is 12.1. The molecule has 0 saturated carbocycles. The summed E-state index contributed by atoms with van der Waals surface area (Å²) in [6.07, 6.45) is 3.20. The summed E-state index contributed by atoms with van der Waals surface area (Å²) in [7, 11) is 0. The maximum atomic E-state index is 13.0. The van der Waals surface area contributed by atoms with Gasteiger partial charge in [-0.2, -0.15) is 4.98 Å². The first kappa shape index (κ1) is 16.4. The van der Waals surface area contributed by atoms with Crippen LogP contribution in [0, 0.1) is 5.82 Å². The molecule has 26 heavy (non-hydrogen) atoms. The zero-order valence-corrected chi connectivity index (χ0v) is 14.2. The predicted octanol–water partition coefficient (Wildman–Crippen LogP) is 2.12. The van der Waals surface area contributed by atoms with Gasteiger partial charge < -0.3 is 9.42 Å². The molecule has 1 aromatic carbocycles. The molecule has 1 aliphatic rings. The number of halogens is 1. The van der Waals surface area contributed by atoms with Gasteiger partial charge in [0.05, 0.1) is 12.2 Å². The summed E-state index contributed by atoms with van der Waals surface area (Å²) in [6.45, 7) is 3.07. The molecule has 8 nitrogen and oxygen atoms in total. The first-order valence-electron chi connectivity index (χ1n) is 8.43. The van der Waals surface area contributed by atoms with Gasteiger partial charge in [-0.3, -0.25) is 4.79 Å². The third-order valence-electron chi connectivity index (χ3n) is 4.43. The minimum absolute atomic E-state index is 0.0224. The van der Waals surface area contributed by atoms with Crippen LogP contribution < -0.4 is 0 Å². The molecule has 1 atom stereocenters. The third kappa shape index (κ3) is 3.07. The number of likely N-dealkylation sites (tertiary alicyclic amines) is 1. The largest absolute Gasteiger partial charge is 0.336 e. The molecule has 0 spiro atoms. The van der Waals surface area contributed by atoms with Crippen LogP contribution in [0.4, 0.5) is 4.39 Å². The summed E-state index contributed by atoms with van der Waals surface area (Å²) in [4.78, 5) is 18.5. The molecule has 0 unspecified atom stereocenters. The second-order valence-electron chi connectivity index (χ2n) is 6.15. The van der Waals surface area contributed by atoms with Crippen LogP contribution in [-0.2, 0) is 6.42 Å². The molecule has 1 amide bonds. The molecule has 1 aliphatic heterocycles. The first-order chi connectivity index (χ1) is 12.6. The third-order valence-corrected chi connectivity index (χ3v) is 4.43. The normalized spacial score (nSPS) is 17.0. The summed E-state index contributed by atoms with van der Waals surface area (Å²) in [6, 6.07) is 5.60. The average Bonchev–Trinajstić information content (AvgIpc) is 3.40. The fraction of sp³-hybridized carbons (Fsp3) is 0.353. The van der Waals surface area contributed by atoms with Crippen molar-refractivity contribution in [1.82, 2.24) is 30.0 Å². The molecule has 9 heteroatoms. The molecule has 134 valence electrons. The van der Waals surface area contributed by atoms with Gasteiger partial charge in [0.2, 0.25) is 0 Å². The summed E-state index contributed by atoms with van der Waals surface area (Å²) in [5.74, 6) is 0.484. The van der Waals surface area contributed by atoms with Crippen LogP contribution in [0.1, 0.15) is 35.6 Å². The topological polar surface area (TPSA) is 89.9 Å². The standard InChI is InChI=1S/C17H17FN6O2/c1-2-15-19-16(26-21-15)14-10-24(22-20-14)13-7-8-23(9-13)17(25)11-3-5-12(18)6-4-11/h3-6,10,13H,2,7-9H2,1H3/t13-/m1/s1. The molecule has 1 fully saturated rings. The Morgan fingerprint density at radius 2 is 2.15 bits per heavy atom. The van der Waals surface area contributed by atoms with E-state index >= 15 is 0 Å². The van der Waals surface area contributed by atoms with Crippen LogP contribution in [0.25, 0.3) is 11.6 Å². The lowest BCUT2D eigenvalue weighted by Gasteiger charge is -2.16. The van der Waals surface area contributed by atoms with Gasteiger partial charge in [-0.05, 0) is 30.7 Å². The van der Waals surface area contributed by atoms with E-state index in [2.05, 4.69) is 20.5 Å². The Morgan fingerprint density at radius 3 is 2.88 bits per heavy atom. The Labute approximate surface area is 148 Å². The van der Waals surface area contributed by atoms with Crippen molar-refractivity contribution >= 4 is 5.91 Å². The second kappa shape index (κ2) is 6.66. The highest BCUT2D eigenvalue weighted by molar-refractivity contribution is 5.94. The van der Waals surface area contributed by atoms with E-state index in [0.29, 0.717) is 42.5 Å². The number of amides is 1. The molecule has 3 heterocycles. The number of carbonyl (C=O) groups is 1. The van der Waals surface area contributed by atoms with Crippen molar-refractivity contribution in [2.45, 2.75) is 25.8 Å². The van der Waals surface area contributed by atoms with E-state index in [1.165, 1.54) is 24.3 Å². The molecule has 0 bridgehead atoms. The number of hydrogen-bond acceptors (Lipinski definition) is 6. The number of benzene rings is 1. The van der Waals surface area contributed by atoms with Crippen molar-refractivity contribution in [2.75, 3.05) is 13.1 Å². The molecular formula is C17H17FN6O2. The van der Waals surface area contributed by atoms with Crippen molar-refractivity contribution in [3.63, 3.8) is 0 Å². The van der Waals surface area contributed by atoms with E-state index < -0.39 is 0 Å². The van der Waals surface area contributed by atoms with Gasteiger partial charge in [0.1, 0.15) is 5.82 Å². The van der Waals surface area contributed by atoms with Gasteiger partial charge in [0.15, 0.2) is 11.5 Å². The lowest BCUT2D eigenvalue weighted by Crippen LogP contribution is -2.29. The second-order valence-corrected chi connectivity index (χ2v) is 6.15. The number of rotatable bonds is 4. The lowest BCUT2D eigenvalue weighted by atomic mass is 10.2. The minimum Gasteiger partial charge on any atom is -0.336 e. The Morgan fingerprint density at radius 1 is 1.35 bits per heavy atom. The van der Waals surface area contributed by atoms with Gasteiger partial charge in [0.25, 0.3) is 11.8 Å². The predicted molar refractivity (Wildman–Crippen MR) is 88.6 cm³/mol. The van der Waals surface area contributed by atoms with Crippen LogP contribution in [0.2, 0.25) is 0 Å². The van der Waals surface area contributed by atoms with Crippen molar-refractivity contribution in [3.8, 4) is 11.6 Å². The number of nitrogens with zero attached hydrogens (tertiary/aromatic N) is 6. The first-order valence-corrected chi connectivity index (χ1v) is 8.43. The number of aryl methyl sites for hydroxylation is 1. The number of hydrogen-bond donors (Lipinski definition) is 0. The SMILES string of the molecule is CCc1noc(-c2cn([C@@H]3CCN(C(=O)c4ccc(F)cc4)C3)nn2)n1. The molecule has 0 aliphatic carbocycles. The van der Waals surface area contributed by atoms with Gasteiger partial charge in [0, 0.05) is 25.1 Å². The van der Waals surface area contributed by atoms with Crippen molar-refractivity contribution in [1.29, 1.82) is 0 Å². The smallest absolute Gasteiger partial charge is 0.280 e. The molecule has 2 aromatic heterocycles. The molecule has 0 N–H and O–H groups in total. The number of aromatic nitrogens is 5. The van der Waals surface area contributed by atoms with Crippen molar-refractivity contribution in [2.24, 2.45) is 0 Å². The zero-order chi connectivity index (χ0) is 18.1. The summed E-state index contributed by atoms with van der Waals surface area (Å²) < 4.78 is 19.9. The maximum absolute atomic E-state index is 13.0. The molecule has 4 rings (SSSR count). The van der Waals surface area contributed by atoms with Gasteiger partial charge in [-0.1, -0.05) is 17.3 Å². The minimum atomic E-state index is -0.358. The molecule has 1 saturated heterocycles. The van der Waals surface area contributed by atoms with Gasteiger partial charge in [-0.15, -0.1) is 5.10 Å². The highest BCUT2D eigenvalue weighted by atomic mass is 19.1. The number of carbonyl (C=O) groups excluding carboxylic acids is 1. The quantitative estimate of drug-likeness (QED) is 0.711. The van der Waals surface area contributed by atoms with Crippen LogP contribution in [-0.4, -0.2) is 49.0 Å². The van der Waals surface area contributed by atoms with E-state index in [9.17, 15) is 9.18 Å². The van der Waals surface area contributed by atoms with E-state index in [0.717, 1.165) is 6.42 Å². The molecule has 3 aromatic rings. The molecular weight excluding hydrogens is 339 g/mol. The van der Waals surface area contributed by atoms with Crippen LogP contribution >= 0.6 is 0 Å². The van der Waals surface area contributed by atoms with E-state index in [1.54, 1.807) is 15.8 Å². The summed E-state index contributed by atoms with van der Waals surface area (Å²) >= 11 is 0. The Bertz CT molecular complexity index is 919. The van der Waals surface area contributed by atoms with Crippen LogP contribution in [0.15, 0.2) is 35.0 Å². The summed E-state index contributed by atoms with van der Waals surface area (Å²) in [5.41, 5.74) is 0.991. The average molecular weight is 356 g/mol. The Hall–Kier alpha value is -3.10. The monoisotopic (exact) mass is 356 g/mol. The van der Waals surface area contributed by atoms with Gasteiger partial charge >= 0.3 is 0 Å². The lowest BCUT2D eigenvalue weighted by molar-refractivity contribution is 0.0787. The van der Waals surface area contributed by atoms with E-state index in [-0.39, 0.29) is 17.8 Å². The Balaban J connectivity index is 1.45. The van der Waals surface area contributed by atoms with Crippen LogP contribution in [0.5, 0.6) is 0 Å². The highest BCUT2D eigenvalue weighted by Gasteiger charge is 2.29. The zero-order valence-electron chi connectivity index (χ0n) is 14.2. The van der Waals surface area contributed by atoms with Crippen molar-refractivity contribution in [3.05, 3.63) is 47.7 Å². The Kier molecular flexibility index (Phi) is 4.19. The highest BCUT2D eigenvalue weighted by Crippen LogP contribution is 2.24. The fourth-order valence-corrected chi connectivity index (χ4v) is 2.97. The van der Waals surface area contributed by atoms with E-state index in [4.69, 9.17) is 4.52 Å². The van der Waals surface area contributed by atoms with Crippen LogP contribution in [0.3, 0.4) is 0 Å².